The summed E-state index contributed by atoms with van der Waals surface area (Å²) >= 11 is 0. The van der Waals surface area contributed by atoms with E-state index in [9.17, 15) is 9.59 Å². The van der Waals surface area contributed by atoms with Crippen LogP contribution in [-0.2, 0) is 11.2 Å². The van der Waals surface area contributed by atoms with Gasteiger partial charge >= 0.3 is 0 Å². The molecule has 7 nitrogen and oxygen atoms in total. The summed E-state index contributed by atoms with van der Waals surface area (Å²) in [6, 6.07) is 9.54. The zero-order valence-corrected chi connectivity index (χ0v) is 19.0. The fraction of sp³-hybridized carbons (Fsp3) is 0.481. The molecule has 4 fully saturated rings. The zero-order chi connectivity index (χ0) is 22.8. The maximum Gasteiger partial charge on any atom is 0.252 e. The molecule has 0 aliphatic heterocycles. The lowest BCUT2D eigenvalue weighted by Gasteiger charge is -2.53. The largest absolute Gasteiger partial charge is 0.347 e. The number of carbonyl (C=O) groups excluding carboxylic acids is 2. The molecule has 174 valence electrons. The number of pyridine rings is 1. The van der Waals surface area contributed by atoms with Crippen LogP contribution in [-0.4, -0.2) is 33.0 Å². The molecule has 3 N–H and O–H groups in total. The number of aromatic nitrogens is 3. The van der Waals surface area contributed by atoms with Gasteiger partial charge in [0, 0.05) is 12.1 Å². The van der Waals surface area contributed by atoms with Crippen LogP contribution in [0.15, 0.2) is 42.7 Å². The van der Waals surface area contributed by atoms with Gasteiger partial charge in [0.25, 0.3) is 5.91 Å². The molecular weight excluding hydrogens is 426 g/mol. The number of carbonyl (C=O) groups is 2. The van der Waals surface area contributed by atoms with Crippen LogP contribution in [0.25, 0.3) is 11.0 Å². The molecule has 3 aromatic rings. The van der Waals surface area contributed by atoms with E-state index < -0.39 is 0 Å². The quantitative estimate of drug-likeness (QED) is 0.560. The Kier molecular flexibility index (Phi) is 4.54. The number of nitrogens with zero attached hydrogens (tertiary/aromatic N) is 2. The third-order valence-electron chi connectivity index (χ3n) is 8.97. The van der Waals surface area contributed by atoms with Crippen LogP contribution >= 0.6 is 0 Å². The van der Waals surface area contributed by atoms with Crippen molar-refractivity contribution in [2.24, 2.45) is 29.6 Å². The Morgan fingerprint density at radius 1 is 0.941 bits per heavy atom. The molecule has 7 heteroatoms. The summed E-state index contributed by atoms with van der Waals surface area (Å²) in [5.41, 5.74) is 3.44. The summed E-state index contributed by atoms with van der Waals surface area (Å²) in [5, 5.41) is 14.2. The summed E-state index contributed by atoms with van der Waals surface area (Å²) < 4.78 is 0. The van der Waals surface area contributed by atoms with Crippen molar-refractivity contribution in [3.8, 4) is 0 Å². The Hall–Kier alpha value is -3.22. The maximum absolute atomic E-state index is 13.7. The Morgan fingerprint density at radius 2 is 1.71 bits per heavy atom. The highest BCUT2D eigenvalue weighted by Crippen LogP contribution is 2.56. The van der Waals surface area contributed by atoms with E-state index in [4.69, 9.17) is 0 Å². The van der Waals surface area contributed by atoms with Crippen molar-refractivity contribution in [3.63, 3.8) is 0 Å². The normalized spacial score (nSPS) is 33.1. The number of hydrogen-bond acceptors (Lipinski definition) is 4. The van der Waals surface area contributed by atoms with Crippen molar-refractivity contribution in [1.29, 1.82) is 0 Å². The molecule has 5 aliphatic rings. The van der Waals surface area contributed by atoms with Crippen LogP contribution in [0.1, 0.15) is 59.6 Å². The molecule has 0 unspecified atom stereocenters. The molecule has 4 bridgehead atoms. The fourth-order valence-corrected chi connectivity index (χ4v) is 7.81. The number of nitrogens with one attached hydrogen (secondary N) is 3. The number of benzene rings is 1. The predicted octanol–water partition coefficient (Wildman–Crippen LogP) is 3.54. The summed E-state index contributed by atoms with van der Waals surface area (Å²) in [6.45, 7) is 0. The molecule has 4 saturated carbocycles. The van der Waals surface area contributed by atoms with E-state index in [1.807, 2.05) is 12.1 Å². The topological polar surface area (TPSA) is 99.8 Å². The summed E-state index contributed by atoms with van der Waals surface area (Å²) in [5.74, 6) is 2.90. The highest BCUT2D eigenvalue weighted by molar-refractivity contribution is 6.05. The van der Waals surface area contributed by atoms with Crippen LogP contribution < -0.4 is 10.6 Å². The second-order valence-corrected chi connectivity index (χ2v) is 10.9. The van der Waals surface area contributed by atoms with E-state index in [-0.39, 0.29) is 29.8 Å². The Balaban J connectivity index is 1.14. The lowest BCUT2D eigenvalue weighted by Crippen LogP contribution is -2.53. The van der Waals surface area contributed by atoms with Gasteiger partial charge < -0.3 is 10.6 Å². The van der Waals surface area contributed by atoms with Gasteiger partial charge in [-0.1, -0.05) is 24.3 Å². The van der Waals surface area contributed by atoms with Crippen LogP contribution in [0.4, 0.5) is 0 Å². The third-order valence-corrected chi connectivity index (χ3v) is 8.97. The highest BCUT2D eigenvalue weighted by Gasteiger charge is 2.51. The van der Waals surface area contributed by atoms with Gasteiger partial charge in [-0.25, -0.2) is 4.98 Å². The summed E-state index contributed by atoms with van der Waals surface area (Å²) in [6.07, 6.45) is 10.2. The van der Waals surface area contributed by atoms with Crippen LogP contribution in [0, 0.1) is 29.6 Å². The molecule has 5 aliphatic carbocycles. The average Bonchev–Trinajstić information content (AvgIpc) is 3.43. The lowest BCUT2D eigenvalue weighted by atomic mass is 9.51. The number of aromatic amines is 1. The van der Waals surface area contributed by atoms with E-state index >= 15 is 0 Å². The van der Waals surface area contributed by atoms with Gasteiger partial charge in [-0.3, -0.25) is 14.7 Å². The first kappa shape index (κ1) is 20.2. The molecule has 1 aromatic carbocycles. The number of amides is 2. The molecule has 8 rings (SSSR count). The minimum atomic E-state index is -0.216. The SMILES string of the molecule is O=C(N[C@@H]1Cc2ccccc2[C@H]1NC(=O)C1C2CC3CC(C2)CC1C3)c1ccnc2[nH]ncc12. The molecule has 2 atom stereocenters. The van der Waals surface area contributed by atoms with Gasteiger partial charge in [0.15, 0.2) is 5.65 Å². The van der Waals surface area contributed by atoms with E-state index in [0.29, 0.717) is 34.9 Å². The Labute approximate surface area is 198 Å². The molecule has 2 amide bonds. The first-order valence-electron chi connectivity index (χ1n) is 12.6. The first-order valence-corrected chi connectivity index (χ1v) is 12.6. The maximum atomic E-state index is 13.7. The summed E-state index contributed by atoms with van der Waals surface area (Å²) in [7, 11) is 0. The smallest absolute Gasteiger partial charge is 0.252 e. The zero-order valence-electron chi connectivity index (χ0n) is 19.0. The highest BCUT2D eigenvalue weighted by atomic mass is 16.2. The van der Waals surface area contributed by atoms with E-state index in [1.165, 1.54) is 37.7 Å². The first-order chi connectivity index (χ1) is 16.6. The molecule has 0 spiro atoms. The van der Waals surface area contributed by atoms with Crippen molar-refractivity contribution < 1.29 is 9.59 Å². The van der Waals surface area contributed by atoms with Crippen LogP contribution in [0.2, 0.25) is 0 Å². The van der Waals surface area contributed by atoms with E-state index in [2.05, 4.69) is 37.9 Å². The minimum Gasteiger partial charge on any atom is -0.347 e. The fourth-order valence-electron chi connectivity index (χ4n) is 7.81. The molecule has 0 saturated heterocycles. The van der Waals surface area contributed by atoms with Gasteiger partial charge in [0.05, 0.1) is 29.2 Å². The van der Waals surface area contributed by atoms with Crippen molar-refractivity contribution in [2.75, 3.05) is 0 Å². The lowest BCUT2D eigenvalue weighted by molar-refractivity contribution is -0.139. The van der Waals surface area contributed by atoms with Crippen LogP contribution in [0.3, 0.4) is 0 Å². The predicted molar refractivity (Wildman–Crippen MR) is 127 cm³/mol. The third kappa shape index (κ3) is 3.16. The standard InChI is InChI=1S/C27H29N5O2/c33-26(20-5-6-28-25-21(20)13-29-32-25)30-22-12-16-3-1-2-4-19(16)24(22)31-27(34)23-17-8-14-7-15(10-17)11-18(23)9-14/h1-6,13-15,17-18,22-24H,7-12H2,(H,30,33)(H,31,34)(H,28,29,32)/t14?,15?,17?,18?,22-,23?,24-/m1/s1. The molecular formula is C27H29N5O2. The van der Waals surface area contributed by atoms with Crippen molar-refractivity contribution in [1.82, 2.24) is 25.8 Å². The number of rotatable bonds is 4. The Bertz CT molecular complexity index is 1250. The molecule has 2 aromatic heterocycles. The number of H-pyrrole nitrogens is 1. The second-order valence-electron chi connectivity index (χ2n) is 10.9. The van der Waals surface area contributed by atoms with E-state index in [0.717, 1.165) is 17.4 Å². The van der Waals surface area contributed by atoms with Gasteiger partial charge in [0.2, 0.25) is 5.91 Å². The van der Waals surface area contributed by atoms with Crippen molar-refractivity contribution in [3.05, 3.63) is 59.4 Å². The minimum absolute atomic E-state index is 0.127. The Morgan fingerprint density at radius 3 is 2.50 bits per heavy atom. The molecule has 2 heterocycles. The monoisotopic (exact) mass is 455 g/mol. The van der Waals surface area contributed by atoms with Crippen molar-refractivity contribution >= 4 is 22.8 Å². The van der Waals surface area contributed by atoms with Gasteiger partial charge in [-0.15, -0.1) is 0 Å². The van der Waals surface area contributed by atoms with Crippen molar-refractivity contribution in [2.45, 2.75) is 50.6 Å². The number of fused-ring (bicyclic) bond motifs is 2. The van der Waals surface area contributed by atoms with Gasteiger partial charge in [0.1, 0.15) is 0 Å². The number of hydrogen-bond donors (Lipinski definition) is 3. The average molecular weight is 456 g/mol. The van der Waals surface area contributed by atoms with Crippen LogP contribution in [0.5, 0.6) is 0 Å². The van der Waals surface area contributed by atoms with Gasteiger partial charge in [-0.2, -0.15) is 5.10 Å². The van der Waals surface area contributed by atoms with E-state index in [1.54, 1.807) is 18.5 Å². The molecule has 0 radical (unpaired) electrons. The molecule has 34 heavy (non-hydrogen) atoms. The van der Waals surface area contributed by atoms with Gasteiger partial charge in [-0.05, 0) is 79.4 Å². The second kappa shape index (κ2) is 7.65. The summed E-state index contributed by atoms with van der Waals surface area (Å²) in [4.78, 5) is 31.2.